The molecule has 9 heteroatoms. The Labute approximate surface area is 290 Å². The van der Waals surface area contributed by atoms with E-state index in [9.17, 15) is 14.7 Å². The highest BCUT2D eigenvalue weighted by molar-refractivity contribution is 5.76. The zero-order chi connectivity index (χ0) is 33.9. The van der Waals surface area contributed by atoms with Crippen LogP contribution in [0.3, 0.4) is 0 Å². The van der Waals surface area contributed by atoms with Crippen molar-refractivity contribution in [3.05, 3.63) is 0 Å². The Bertz CT molecular complexity index is 779. The number of carboxylic acid groups (broad SMARTS) is 1. The zero-order valence-corrected chi connectivity index (χ0v) is 29.9. The first-order valence-corrected chi connectivity index (χ1v) is 17.1. The minimum atomic E-state index is -0.949. The molecule has 3 aliphatic heterocycles. The van der Waals surface area contributed by atoms with Crippen LogP contribution in [0.4, 0.5) is 0 Å². The maximum Gasteiger partial charge on any atom is 0.329 e. The van der Waals surface area contributed by atoms with Crippen LogP contribution in [0.2, 0.25) is 0 Å². The molecule has 0 amide bonds. The molecule has 0 bridgehead atoms. The Morgan fingerprint density at radius 1 is 0.532 bits per heavy atom. The monoisotopic (exact) mass is 679 g/mol. The fourth-order valence-electron chi connectivity index (χ4n) is 6.61. The van der Waals surface area contributed by atoms with E-state index in [4.69, 9.17) is 28.8 Å². The molecule has 2 N–H and O–H groups in total. The second-order valence-corrected chi connectivity index (χ2v) is 13.8. The predicted molar refractivity (Wildman–Crippen MR) is 192 cm³/mol. The number of carbonyl (C=O) groups is 2. The van der Waals surface area contributed by atoms with Gasteiger partial charge in [-0.3, -0.25) is 4.79 Å². The first-order valence-electron chi connectivity index (χ1n) is 17.1. The summed E-state index contributed by atoms with van der Waals surface area (Å²) >= 11 is 0. The molecule has 3 rings (SSSR count). The molecule has 0 aromatic rings. The molecule has 15 unspecified atom stereocenters. The van der Waals surface area contributed by atoms with E-state index in [0.717, 1.165) is 19.3 Å². The summed E-state index contributed by atoms with van der Waals surface area (Å²) in [5, 5.41) is 18.1. The summed E-state index contributed by atoms with van der Waals surface area (Å²) in [7, 11) is 0. The molecule has 3 fully saturated rings. The van der Waals surface area contributed by atoms with Crippen molar-refractivity contribution in [1.29, 1.82) is 0 Å². The van der Waals surface area contributed by atoms with Crippen molar-refractivity contribution in [3.63, 3.8) is 0 Å². The summed E-state index contributed by atoms with van der Waals surface area (Å²) in [4.78, 5) is 21.4. The van der Waals surface area contributed by atoms with Crippen molar-refractivity contribution in [3.8, 4) is 0 Å². The molecule has 3 saturated heterocycles. The van der Waals surface area contributed by atoms with Gasteiger partial charge in [-0.15, -0.1) is 0 Å². The van der Waals surface area contributed by atoms with Gasteiger partial charge in [0.15, 0.2) is 24.7 Å². The van der Waals surface area contributed by atoms with Crippen LogP contribution in [0, 0.1) is 53.3 Å². The van der Waals surface area contributed by atoms with Crippen LogP contribution in [0.5, 0.6) is 0 Å². The molecule has 15 atom stereocenters. The minimum Gasteiger partial charge on any atom is -0.480 e. The molecule has 0 saturated carbocycles. The van der Waals surface area contributed by atoms with Crippen molar-refractivity contribution >= 4 is 11.8 Å². The van der Waals surface area contributed by atoms with Crippen molar-refractivity contribution < 1.29 is 43.5 Å². The number of hydrogen-bond donors (Lipinski definition) is 2. The molecule has 0 aromatic heterocycles. The lowest BCUT2D eigenvalue weighted by Crippen LogP contribution is -2.46. The second kappa shape index (κ2) is 24.1. The van der Waals surface area contributed by atoms with Gasteiger partial charge >= 0.3 is 5.97 Å². The lowest BCUT2D eigenvalue weighted by molar-refractivity contribution is -0.248. The maximum absolute atomic E-state index is 10.9. The highest BCUT2D eigenvalue weighted by Crippen LogP contribution is 2.38. The van der Waals surface area contributed by atoms with Crippen LogP contribution in [-0.4, -0.2) is 72.4 Å². The van der Waals surface area contributed by atoms with Gasteiger partial charge in [0.05, 0.1) is 18.3 Å². The number of aliphatic hydroxyl groups is 1. The highest BCUT2D eigenvalue weighted by atomic mass is 16.7. The van der Waals surface area contributed by atoms with E-state index in [1.54, 1.807) is 0 Å². The largest absolute Gasteiger partial charge is 0.480 e. The number of aliphatic carboxylic acids is 1. The van der Waals surface area contributed by atoms with E-state index in [-0.39, 0.29) is 84.0 Å². The molecule has 3 heterocycles. The standard InChI is InChI=1S/C13H24O3.C12H22O4.C10H20O2.3CH4/c1-6-12-10(4)9(3)11(5)13(16-12)15-7-8(2)14;1-5-10-8(3)7(2)9(4)12(16-10)15-6-11(13)14;1-5-9-7(3)6(2)8(4)10(11)12-9;;;/h9-13H,6-7H2,1-5H3;7-10,12H,5-6H2,1-4H3,(H,13,14);6-11H,5H2,1-4H3;3*1H4. The number of Topliss-reactive ketones (excluding diaryl/α,β-unsaturated/α-hetero) is 1. The molecule has 47 heavy (non-hydrogen) atoms. The van der Waals surface area contributed by atoms with E-state index in [1.807, 2.05) is 0 Å². The summed E-state index contributed by atoms with van der Waals surface area (Å²) in [5.41, 5.74) is 0. The van der Waals surface area contributed by atoms with Crippen LogP contribution in [-0.2, 0) is 33.3 Å². The number of carbonyl (C=O) groups excluding carboxylic acids is 1. The Morgan fingerprint density at radius 3 is 1.17 bits per heavy atom. The highest BCUT2D eigenvalue weighted by Gasteiger charge is 2.40. The van der Waals surface area contributed by atoms with Crippen LogP contribution in [0.1, 0.15) is 132 Å². The van der Waals surface area contributed by atoms with Gasteiger partial charge in [-0.2, -0.15) is 0 Å². The van der Waals surface area contributed by atoms with Gasteiger partial charge < -0.3 is 33.9 Å². The van der Waals surface area contributed by atoms with Gasteiger partial charge in [-0.25, -0.2) is 4.79 Å². The smallest absolute Gasteiger partial charge is 0.329 e. The van der Waals surface area contributed by atoms with Gasteiger partial charge in [0.25, 0.3) is 0 Å². The number of ketones is 1. The minimum absolute atomic E-state index is 0. The lowest BCUT2D eigenvalue weighted by atomic mass is 9.78. The van der Waals surface area contributed by atoms with Crippen molar-refractivity contribution in [1.82, 2.24) is 0 Å². The van der Waals surface area contributed by atoms with Crippen LogP contribution in [0.15, 0.2) is 0 Å². The Morgan fingerprint density at radius 2 is 0.851 bits per heavy atom. The topological polar surface area (TPSA) is 121 Å². The van der Waals surface area contributed by atoms with Crippen LogP contribution < -0.4 is 0 Å². The fraction of sp³-hybridized carbons (Fsp3) is 0.947. The third kappa shape index (κ3) is 14.7. The molecule has 9 nitrogen and oxygen atoms in total. The SMILES string of the molecule is C.C.C.CCC1OC(O)C(C)C(C)C1C.CCC1OC(OCC(=O)O)C(C)C(C)C1C.CCC1OC(OCC(C)=O)C(C)C(C)C1C. The molecule has 3 aliphatic rings. The predicted octanol–water partition coefficient (Wildman–Crippen LogP) is 8.70. The summed E-state index contributed by atoms with van der Waals surface area (Å²) in [6, 6.07) is 0. The Hall–Kier alpha value is -1.10. The van der Waals surface area contributed by atoms with Gasteiger partial charge in [-0.05, 0) is 61.7 Å². The molecular formula is C38H78O9. The van der Waals surface area contributed by atoms with Gasteiger partial charge in [0, 0.05) is 17.8 Å². The summed E-state index contributed by atoms with van der Waals surface area (Å²) in [6.45, 7) is 27.2. The summed E-state index contributed by atoms with van der Waals surface area (Å²) < 4.78 is 28.0. The van der Waals surface area contributed by atoms with E-state index in [1.165, 1.54) is 6.92 Å². The summed E-state index contributed by atoms with van der Waals surface area (Å²) in [5.74, 6) is 3.16. The molecule has 0 aromatic carbocycles. The number of hydrogen-bond acceptors (Lipinski definition) is 8. The van der Waals surface area contributed by atoms with Crippen molar-refractivity contribution in [2.75, 3.05) is 13.2 Å². The molecule has 0 spiro atoms. The van der Waals surface area contributed by atoms with E-state index in [2.05, 4.69) is 83.1 Å². The third-order valence-corrected chi connectivity index (χ3v) is 11.0. The maximum atomic E-state index is 10.9. The molecule has 284 valence electrons. The van der Waals surface area contributed by atoms with Crippen LogP contribution in [0.25, 0.3) is 0 Å². The van der Waals surface area contributed by atoms with Gasteiger partial charge in [0.2, 0.25) is 0 Å². The zero-order valence-electron chi connectivity index (χ0n) is 29.9. The molecule has 0 radical (unpaired) electrons. The Kier molecular flexibility index (Phi) is 25.8. The van der Waals surface area contributed by atoms with Crippen LogP contribution >= 0.6 is 0 Å². The number of rotatable bonds is 9. The first-order chi connectivity index (χ1) is 20.5. The molecular weight excluding hydrogens is 600 g/mol. The second-order valence-electron chi connectivity index (χ2n) is 13.8. The normalized spacial score (nSPS) is 39.6. The molecule has 0 aliphatic carbocycles. The number of ether oxygens (including phenoxy) is 5. The quantitative estimate of drug-likeness (QED) is 0.247. The fourth-order valence-corrected chi connectivity index (χ4v) is 6.61. The van der Waals surface area contributed by atoms with Crippen molar-refractivity contribution in [2.24, 2.45) is 53.3 Å². The van der Waals surface area contributed by atoms with Gasteiger partial charge in [-0.1, -0.05) is 105 Å². The average molecular weight is 679 g/mol. The van der Waals surface area contributed by atoms with Gasteiger partial charge in [0.1, 0.15) is 13.2 Å². The van der Waals surface area contributed by atoms with E-state index in [0.29, 0.717) is 41.4 Å². The number of aliphatic hydroxyl groups excluding tert-OH is 1. The van der Waals surface area contributed by atoms with Crippen molar-refractivity contribution in [2.45, 2.75) is 169 Å². The summed E-state index contributed by atoms with van der Waals surface area (Å²) in [6.07, 6.45) is 2.44. The third-order valence-electron chi connectivity index (χ3n) is 11.0. The first kappa shape index (κ1) is 50.3. The number of carboxylic acids is 1. The Balaban J connectivity index is -0.000000605. The van der Waals surface area contributed by atoms with E-state index < -0.39 is 12.3 Å². The lowest BCUT2D eigenvalue weighted by Gasteiger charge is -2.43. The van der Waals surface area contributed by atoms with E-state index >= 15 is 0 Å². The average Bonchev–Trinajstić information content (AvgIpc) is 2.99.